The van der Waals surface area contributed by atoms with Crippen LogP contribution in [0, 0.1) is 10.8 Å². The summed E-state index contributed by atoms with van der Waals surface area (Å²) in [4.78, 5) is 22.0. The van der Waals surface area contributed by atoms with Gasteiger partial charge in [0.15, 0.2) is 0 Å². The van der Waals surface area contributed by atoms with Crippen LogP contribution in [0.5, 0.6) is 0 Å². The molecule has 0 aromatic rings. The van der Waals surface area contributed by atoms with E-state index in [1.165, 1.54) is 0 Å². The molecule has 2 saturated carbocycles. The van der Waals surface area contributed by atoms with Crippen LogP contribution in [0.15, 0.2) is 0 Å². The van der Waals surface area contributed by atoms with Crippen molar-refractivity contribution in [1.82, 2.24) is 0 Å². The van der Waals surface area contributed by atoms with Gasteiger partial charge in [0.05, 0.1) is 10.8 Å². The quantitative estimate of drug-likeness (QED) is 0.541. The molecule has 5 heteroatoms. The Kier molecular flexibility index (Phi) is 5.25. The Labute approximate surface area is 125 Å². The first kappa shape index (κ1) is 16.3. The van der Waals surface area contributed by atoms with Gasteiger partial charge in [0.1, 0.15) is 0 Å². The molecule has 2 fully saturated rings. The van der Waals surface area contributed by atoms with E-state index in [4.69, 9.17) is 14.9 Å². The Morgan fingerprint density at radius 1 is 0.762 bits per heavy atom. The SMILES string of the molecule is O=C(O)C1(CCCCCOCCCC2(C(=O)O)CC2)CC1. The van der Waals surface area contributed by atoms with Gasteiger partial charge in [0.25, 0.3) is 0 Å². The van der Waals surface area contributed by atoms with Gasteiger partial charge in [-0.25, -0.2) is 0 Å². The molecule has 0 radical (unpaired) electrons. The number of carbonyl (C=O) groups is 2. The molecule has 0 amide bonds. The van der Waals surface area contributed by atoms with Crippen LogP contribution in [0.4, 0.5) is 0 Å². The zero-order chi connectivity index (χ0) is 15.3. The van der Waals surface area contributed by atoms with Crippen molar-refractivity contribution < 1.29 is 24.5 Å². The number of carboxylic acids is 2. The first-order valence-electron chi connectivity index (χ1n) is 8.05. The van der Waals surface area contributed by atoms with Crippen molar-refractivity contribution in [1.29, 1.82) is 0 Å². The summed E-state index contributed by atoms with van der Waals surface area (Å²) in [7, 11) is 0. The molecular weight excluding hydrogens is 272 g/mol. The fourth-order valence-corrected chi connectivity index (χ4v) is 2.90. The van der Waals surface area contributed by atoms with Gasteiger partial charge in [-0.3, -0.25) is 9.59 Å². The molecule has 0 unspecified atom stereocenters. The summed E-state index contributed by atoms with van der Waals surface area (Å²) in [5.74, 6) is -1.29. The molecule has 0 aromatic heterocycles. The Bertz CT molecular complexity index is 346. The molecule has 0 aromatic carbocycles. The minimum Gasteiger partial charge on any atom is -0.481 e. The lowest BCUT2D eigenvalue weighted by Crippen LogP contribution is -2.15. The van der Waals surface area contributed by atoms with Crippen LogP contribution in [0.2, 0.25) is 0 Å². The van der Waals surface area contributed by atoms with Gasteiger partial charge in [0.2, 0.25) is 0 Å². The molecule has 0 bridgehead atoms. The lowest BCUT2D eigenvalue weighted by Gasteiger charge is -2.10. The second-order valence-corrected chi connectivity index (χ2v) is 6.70. The summed E-state index contributed by atoms with van der Waals surface area (Å²) in [6.07, 6.45) is 8.56. The van der Waals surface area contributed by atoms with Gasteiger partial charge < -0.3 is 14.9 Å². The number of rotatable bonds is 12. The third-order valence-electron chi connectivity index (χ3n) is 5.00. The molecule has 2 aliphatic rings. The summed E-state index contributed by atoms with van der Waals surface area (Å²) in [6, 6.07) is 0. The smallest absolute Gasteiger partial charge is 0.309 e. The average Bonchev–Trinajstić information content (AvgIpc) is 3.32. The largest absolute Gasteiger partial charge is 0.481 e. The lowest BCUT2D eigenvalue weighted by molar-refractivity contribution is -0.144. The highest BCUT2D eigenvalue weighted by Gasteiger charge is 2.49. The van der Waals surface area contributed by atoms with E-state index in [1.807, 2.05) is 0 Å². The molecule has 2 N–H and O–H groups in total. The van der Waals surface area contributed by atoms with Crippen molar-refractivity contribution in [2.45, 2.75) is 64.2 Å². The number of hydrogen-bond acceptors (Lipinski definition) is 3. The van der Waals surface area contributed by atoms with Crippen molar-refractivity contribution in [3.63, 3.8) is 0 Å². The Balaban J connectivity index is 1.39. The number of unbranched alkanes of at least 4 members (excludes halogenated alkanes) is 2. The van der Waals surface area contributed by atoms with Crippen LogP contribution in [-0.2, 0) is 14.3 Å². The zero-order valence-electron chi connectivity index (χ0n) is 12.6. The molecule has 0 atom stereocenters. The minimum absolute atomic E-state index is 0.393. The maximum absolute atomic E-state index is 11.0. The molecule has 0 aliphatic heterocycles. The molecule has 2 rings (SSSR count). The molecule has 0 heterocycles. The molecule has 5 nitrogen and oxygen atoms in total. The van der Waals surface area contributed by atoms with Crippen molar-refractivity contribution in [3.8, 4) is 0 Å². The van der Waals surface area contributed by atoms with Gasteiger partial charge in [0, 0.05) is 13.2 Å². The van der Waals surface area contributed by atoms with E-state index >= 15 is 0 Å². The van der Waals surface area contributed by atoms with Crippen LogP contribution in [0.3, 0.4) is 0 Å². The fraction of sp³-hybridized carbons (Fsp3) is 0.875. The topological polar surface area (TPSA) is 83.8 Å². The third kappa shape index (κ3) is 4.43. The van der Waals surface area contributed by atoms with Gasteiger partial charge >= 0.3 is 11.9 Å². The summed E-state index contributed by atoms with van der Waals surface area (Å²) in [6.45, 7) is 1.33. The van der Waals surface area contributed by atoms with E-state index in [0.29, 0.717) is 13.2 Å². The average molecular weight is 298 g/mol. The monoisotopic (exact) mass is 298 g/mol. The van der Waals surface area contributed by atoms with Crippen molar-refractivity contribution >= 4 is 11.9 Å². The van der Waals surface area contributed by atoms with E-state index < -0.39 is 22.8 Å². The standard InChI is InChI=1S/C16H26O5/c17-13(18)15(7-8-15)5-2-1-3-11-21-12-4-6-16(9-10-16)14(19)20/h1-12H2,(H,17,18)(H,19,20). The highest BCUT2D eigenvalue weighted by molar-refractivity contribution is 5.78. The summed E-state index contributed by atoms with van der Waals surface area (Å²) in [5, 5.41) is 18.1. The molecule has 120 valence electrons. The molecule has 21 heavy (non-hydrogen) atoms. The van der Waals surface area contributed by atoms with Crippen molar-refractivity contribution in [2.24, 2.45) is 10.8 Å². The number of aliphatic carboxylic acids is 2. The first-order chi connectivity index (χ1) is 10.0. The van der Waals surface area contributed by atoms with Gasteiger partial charge in [-0.05, 0) is 51.4 Å². The lowest BCUT2D eigenvalue weighted by atomic mass is 9.99. The van der Waals surface area contributed by atoms with Gasteiger partial charge in [-0.2, -0.15) is 0 Å². The normalized spacial score (nSPS) is 21.0. The minimum atomic E-state index is -0.657. The predicted octanol–water partition coefficient (Wildman–Crippen LogP) is 3.07. The maximum atomic E-state index is 11.0. The number of ether oxygens (including phenoxy) is 1. The fourth-order valence-electron chi connectivity index (χ4n) is 2.90. The van der Waals surface area contributed by atoms with Crippen LogP contribution < -0.4 is 0 Å². The molecular formula is C16H26O5. The second kappa shape index (κ2) is 6.77. The maximum Gasteiger partial charge on any atom is 0.309 e. The third-order valence-corrected chi connectivity index (χ3v) is 5.00. The van der Waals surface area contributed by atoms with E-state index in [2.05, 4.69) is 0 Å². The second-order valence-electron chi connectivity index (χ2n) is 6.70. The molecule has 0 spiro atoms. The Hall–Kier alpha value is -1.10. The highest BCUT2D eigenvalue weighted by Crippen LogP contribution is 2.50. The summed E-state index contributed by atoms with van der Waals surface area (Å²) < 4.78 is 5.52. The first-order valence-corrected chi connectivity index (χ1v) is 8.05. The van der Waals surface area contributed by atoms with Crippen LogP contribution in [0.25, 0.3) is 0 Å². The number of carboxylic acid groups (broad SMARTS) is 2. The number of hydrogen-bond donors (Lipinski definition) is 2. The Morgan fingerprint density at radius 2 is 1.24 bits per heavy atom. The van der Waals surface area contributed by atoms with Crippen LogP contribution in [-0.4, -0.2) is 35.4 Å². The van der Waals surface area contributed by atoms with E-state index in [1.54, 1.807) is 0 Å². The van der Waals surface area contributed by atoms with E-state index in [9.17, 15) is 9.59 Å². The Morgan fingerprint density at radius 3 is 1.71 bits per heavy atom. The van der Waals surface area contributed by atoms with Gasteiger partial charge in [-0.15, -0.1) is 0 Å². The molecule has 0 saturated heterocycles. The van der Waals surface area contributed by atoms with Crippen molar-refractivity contribution in [2.75, 3.05) is 13.2 Å². The molecule has 2 aliphatic carbocycles. The van der Waals surface area contributed by atoms with Crippen LogP contribution in [0.1, 0.15) is 64.2 Å². The predicted molar refractivity (Wildman–Crippen MR) is 77.1 cm³/mol. The highest BCUT2D eigenvalue weighted by atomic mass is 16.5. The van der Waals surface area contributed by atoms with E-state index in [-0.39, 0.29) is 0 Å². The van der Waals surface area contributed by atoms with Crippen molar-refractivity contribution in [3.05, 3.63) is 0 Å². The summed E-state index contributed by atoms with van der Waals surface area (Å²) in [5.41, 5.74) is -0.824. The van der Waals surface area contributed by atoms with Crippen LogP contribution >= 0.6 is 0 Å². The summed E-state index contributed by atoms with van der Waals surface area (Å²) >= 11 is 0. The van der Waals surface area contributed by atoms with Gasteiger partial charge in [-0.1, -0.05) is 12.8 Å². The zero-order valence-corrected chi connectivity index (χ0v) is 12.6. The van der Waals surface area contributed by atoms with E-state index in [0.717, 1.165) is 64.2 Å².